The summed E-state index contributed by atoms with van der Waals surface area (Å²) in [6.45, 7) is 4.94. The van der Waals surface area contributed by atoms with Crippen LogP contribution in [0.5, 0.6) is 0 Å². The lowest BCUT2D eigenvalue weighted by molar-refractivity contribution is -0.384. The van der Waals surface area contributed by atoms with Crippen LogP contribution in [0.3, 0.4) is 0 Å². The normalized spacial score (nSPS) is 18.5. The smallest absolute Gasteiger partial charge is 0.338 e. The molecule has 2 unspecified atom stereocenters. The maximum absolute atomic E-state index is 14.0. The first-order chi connectivity index (χ1) is 22.7. The third-order valence-electron chi connectivity index (χ3n) is 8.31. The molecular formula is C35H40N6O6. The van der Waals surface area contributed by atoms with Crippen molar-refractivity contribution in [2.75, 3.05) is 33.3 Å². The van der Waals surface area contributed by atoms with Gasteiger partial charge in [-0.2, -0.15) is 0 Å². The number of nitro benzene ring substituents is 1. The second-order valence-corrected chi connectivity index (χ2v) is 11.9. The van der Waals surface area contributed by atoms with Crippen molar-refractivity contribution in [3.05, 3.63) is 129 Å². The van der Waals surface area contributed by atoms with Crippen molar-refractivity contribution in [1.82, 2.24) is 20.1 Å². The predicted molar refractivity (Wildman–Crippen MR) is 175 cm³/mol. The third-order valence-corrected chi connectivity index (χ3v) is 8.31. The summed E-state index contributed by atoms with van der Waals surface area (Å²) < 4.78 is 11.8. The summed E-state index contributed by atoms with van der Waals surface area (Å²) in [6.07, 6.45) is 4.61. The number of rotatable bonds is 12. The van der Waals surface area contributed by atoms with Gasteiger partial charge >= 0.3 is 11.9 Å². The number of ether oxygens (including phenoxy) is 2. The quantitative estimate of drug-likeness (QED) is 0.168. The number of allylic oxidation sites excluding steroid dienone is 1. The molecule has 1 aromatic heterocycles. The number of pyridine rings is 1. The van der Waals surface area contributed by atoms with E-state index in [1.165, 1.54) is 23.8 Å². The molecule has 0 aliphatic carbocycles. The summed E-state index contributed by atoms with van der Waals surface area (Å²) in [5.74, 6) is -2.38. The summed E-state index contributed by atoms with van der Waals surface area (Å²) in [4.78, 5) is 47.2. The molecule has 2 aliphatic rings. The Hall–Kier alpha value is -5.07. The van der Waals surface area contributed by atoms with Crippen LogP contribution in [-0.4, -0.2) is 71.0 Å². The van der Waals surface area contributed by atoms with Crippen LogP contribution in [0.25, 0.3) is 0 Å². The van der Waals surface area contributed by atoms with E-state index < -0.39 is 28.9 Å². The number of dihydropyridines is 1. The molecule has 0 spiro atoms. The highest BCUT2D eigenvalue weighted by Crippen LogP contribution is 2.39. The minimum Gasteiger partial charge on any atom is -0.461 e. The average Bonchev–Trinajstić information content (AvgIpc) is 3.05. The Morgan fingerprint density at radius 2 is 1.87 bits per heavy atom. The van der Waals surface area contributed by atoms with Crippen molar-refractivity contribution in [3.63, 3.8) is 0 Å². The SMILES string of the molecule is CC1=C(C(=O)OCCN(C)Cc2cccnc2)C(c2cccc([N+](=O)[O-])c2)C(C(=O)OC2CCCN(Cc3ccccc3)C2)=C(N)N1. The lowest BCUT2D eigenvalue weighted by atomic mass is 9.81. The van der Waals surface area contributed by atoms with Gasteiger partial charge in [0, 0.05) is 56.4 Å². The van der Waals surface area contributed by atoms with Crippen LogP contribution in [0.1, 0.15) is 42.4 Å². The molecule has 246 valence electrons. The Bertz CT molecular complexity index is 1640. The van der Waals surface area contributed by atoms with E-state index in [-0.39, 0.29) is 29.3 Å². The van der Waals surface area contributed by atoms with E-state index in [0.29, 0.717) is 37.3 Å². The molecule has 5 rings (SSSR count). The van der Waals surface area contributed by atoms with Gasteiger partial charge in [0.15, 0.2) is 0 Å². The first kappa shape index (κ1) is 33.3. The van der Waals surface area contributed by atoms with Crippen molar-refractivity contribution in [1.29, 1.82) is 0 Å². The highest BCUT2D eigenvalue weighted by molar-refractivity contribution is 6.00. The van der Waals surface area contributed by atoms with Gasteiger partial charge in [0.1, 0.15) is 18.5 Å². The molecule has 0 bridgehead atoms. The molecule has 0 radical (unpaired) electrons. The van der Waals surface area contributed by atoms with Gasteiger partial charge in [-0.1, -0.05) is 48.5 Å². The van der Waals surface area contributed by atoms with Crippen LogP contribution in [0.2, 0.25) is 0 Å². The van der Waals surface area contributed by atoms with E-state index >= 15 is 0 Å². The zero-order valence-electron chi connectivity index (χ0n) is 26.6. The first-order valence-electron chi connectivity index (χ1n) is 15.6. The van der Waals surface area contributed by atoms with E-state index in [9.17, 15) is 19.7 Å². The van der Waals surface area contributed by atoms with Gasteiger partial charge in [-0.05, 0) is 56.1 Å². The Kier molecular flexibility index (Phi) is 11.0. The number of nitrogens with two attached hydrogens (primary N) is 1. The number of carbonyl (C=O) groups is 2. The standard InChI is InChI=1S/C35H40N6O6/c1-24-30(34(42)46-18-17-39(2)21-26-11-7-15-37-20-26)31(27-12-6-13-28(19-27)41(44)45)32(33(36)38-24)35(43)47-29-14-8-16-40(23-29)22-25-9-4-3-5-10-25/h3-7,9-13,15,19-20,29,31,38H,8,14,16-18,21-23,36H2,1-2H3. The Morgan fingerprint density at radius 1 is 1.09 bits per heavy atom. The summed E-state index contributed by atoms with van der Waals surface area (Å²) >= 11 is 0. The number of hydrogen-bond acceptors (Lipinski definition) is 11. The van der Waals surface area contributed by atoms with Crippen LogP contribution >= 0.6 is 0 Å². The molecule has 2 aromatic carbocycles. The Labute approximate surface area is 274 Å². The van der Waals surface area contributed by atoms with E-state index in [0.717, 1.165) is 25.1 Å². The van der Waals surface area contributed by atoms with Crippen LogP contribution in [0.15, 0.2) is 102 Å². The molecule has 3 heterocycles. The molecular weight excluding hydrogens is 600 g/mol. The largest absolute Gasteiger partial charge is 0.461 e. The average molecular weight is 641 g/mol. The number of likely N-dealkylation sites (tertiary alicyclic amines) is 1. The zero-order valence-corrected chi connectivity index (χ0v) is 26.6. The fourth-order valence-corrected chi connectivity index (χ4v) is 6.07. The maximum Gasteiger partial charge on any atom is 0.338 e. The number of hydrogen-bond donors (Lipinski definition) is 2. The fraction of sp³-hybridized carbons (Fsp3) is 0.343. The summed E-state index contributed by atoms with van der Waals surface area (Å²) in [6, 6.07) is 19.8. The van der Waals surface area contributed by atoms with E-state index in [1.807, 2.05) is 42.3 Å². The first-order valence-corrected chi connectivity index (χ1v) is 15.6. The lowest BCUT2D eigenvalue weighted by Gasteiger charge is -2.34. The molecule has 2 aliphatic heterocycles. The fourth-order valence-electron chi connectivity index (χ4n) is 6.07. The van der Waals surface area contributed by atoms with Crippen molar-refractivity contribution in [3.8, 4) is 0 Å². The Balaban J connectivity index is 1.34. The molecule has 3 aromatic rings. The van der Waals surface area contributed by atoms with E-state index in [1.54, 1.807) is 25.4 Å². The maximum atomic E-state index is 14.0. The monoisotopic (exact) mass is 640 g/mol. The van der Waals surface area contributed by atoms with Crippen molar-refractivity contribution < 1.29 is 24.0 Å². The number of benzene rings is 2. The third kappa shape index (κ3) is 8.60. The number of likely N-dealkylation sites (N-methyl/N-ethyl adjacent to an activating group) is 1. The molecule has 3 N–H and O–H groups in total. The number of piperidine rings is 1. The number of esters is 2. The topological polar surface area (TPSA) is 153 Å². The number of aromatic nitrogens is 1. The molecule has 0 amide bonds. The lowest BCUT2D eigenvalue weighted by Crippen LogP contribution is -2.42. The molecule has 12 heteroatoms. The minimum atomic E-state index is -1.05. The van der Waals surface area contributed by atoms with Gasteiger partial charge in [0.2, 0.25) is 0 Å². The van der Waals surface area contributed by atoms with Crippen molar-refractivity contribution >= 4 is 17.6 Å². The second-order valence-electron chi connectivity index (χ2n) is 11.9. The number of nitrogens with zero attached hydrogens (tertiary/aromatic N) is 4. The highest BCUT2D eigenvalue weighted by Gasteiger charge is 2.40. The van der Waals surface area contributed by atoms with Gasteiger partial charge in [-0.25, -0.2) is 9.59 Å². The number of non-ortho nitro benzene ring substituents is 1. The van der Waals surface area contributed by atoms with Crippen LogP contribution in [-0.2, 0) is 32.2 Å². The van der Waals surface area contributed by atoms with Crippen molar-refractivity contribution in [2.45, 2.75) is 44.9 Å². The van der Waals surface area contributed by atoms with Gasteiger partial charge in [-0.15, -0.1) is 0 Å². The zero-order chi connectivity index (χ0) is 33.3. The number of nitro groups is 1. The second kappa shape index (κ2) is 15.5. The van der Waals surface area contributed by atoms with Gasteiger partial charge in [-0.3, -0.25) is 24.9 Å². The molecule has 2 atom stereocenters. The summed E-state index contributed by atoms with van der Waals surface area (Å²) in [7, 11) is 1.91. The van der Waals surface area contributed by atoms with Gasteiger partial charge in [0.25, 0.3) is 5.69 Å². The van der Waals surface area contributed by atoms with E-state index in [4.69, 9.17) is 15.2 Å². The van der Waals surface area contributed by atoms with Crippen LogP contribution in [0, 0.1) is 10.1 Å². The highest BCUT2D eigenvalue weighted by atomic mass is 16.6. The number of carbonyl (C=O) groups excluding carboxylic acids is 2. The van der Waals surface area contributed by atoms with Gasteiger partial charge in [0.05, 0.1) is 22.0 Å². The molecule has 47 heavy (non-hydrogen) atoms. The molecule has 12 nitrogen and oxygen atoms in total. The van der Waals surface area contributed by atoms with E-state index in [2.05, 4.69) is 27.3 Å². The van der Waals surface area contributed by atoms with Crippen molar-refractivity contribution in [2.24, 2.45) is 5.73 Å². The minimum absolute atomic E-state index is 0.0110. The number of nitrogens with one attached hydrogen (secondary N) is 1. The van der Waals surface area contributed by atoms with Crippen LogP contribution in [0.4, 0.5) is 5.69 Å². The summed E-state index contributed by atoms with van der Waals surface area (Å²) in [5.41, 5.74) is 9.32. The van der Waals surface area contributed by atoms with Gasteiger partial charge < -0.3 is 20.5 Å². The molecule has 1 saturated heterocycles. The predicted octanol–water partition coefficient (Wildman–Crippen LogP) is 4.00. The summed E-state index contributed by atoms with van der Waals surface area (Å²) in [5, 5.41) is 14.7. The van der Waals surface area contributed by atoms with Crippen LogP contribution < -0.4 is 11.1 Å². The molecule has 1 fully saturated rings. The molecule has 0 saturated carbocycles. The Morgan fingerprint density at radius 3 is 2.62 bits per heavy atom.